The van der Waals surface area contributed by atoms with Crippen molar-refractivity contribution in [3.05, 3.63) is 59.5 Å². The number of hydrogen-bond acceptors (Lipinski definition) is 4. The highest BCUT2D eigenvalue weighted by Crippen LogP contribution is 2.28. The van der Waals surface area contributed by atoms with Crippen LogP contribution in [0.5, 0.6) is 0 Å². The lowest BCUT2D eigenvalue weighted by atomic mass is 9.99. The number of ether oxygens (including phenoxy) is 3. The summed E-state index contributed by atoms with van der Waals surface area (Å²) in [5, 5.41) is 0. The maximum Gasteiger partial charge on any atom is 0.417 e. The summed E-state index contributed by atoms with van der Waals surface area (Å²) in [5.74, 6) is 0.813. The van der Waals surface area contributed by atoms with Gasteiger partial charge in [-0.25, -0.2) is 9.69 Å². The molecule has 0 bridgehead atoms. The van der Waals surface area contributed by atoms with Gasteiger partial charge in [0.25, 0.3) is 0 Å². The van der Waals surface area contributed by atoms with Crippen LogP contribution >= 0.6 is 0 Å². The second-order valence-corrected chi connectivity index (χ2v) is 6.48. The summed E-state index contributed by atoms with van der Waals surface area (Å²) in [6, 6.07) is 9.87. The smallest absolute Gasteiger partial charge is 0.417 e. The Hall–Kier alpha value is -2.27. The first-order chi connectivity index (χ1) is 12.6. The van der Waals surface area contributed by atoms with E-state index in [1.54, 1.807) is 4.90 Å². The van der Waals surface area contributed by atoms with Crippen LogP contribution in [0.4, 0.5) is 4.79 Å². The maximum atomic E-state index is 12.3. The molecule has 5 nitrogen and oxygen atoms in total. The van der Waals surface area contributed by atoms with E-state index in [0.29, 0.717) is 25.0 Å². The second kappa shape index (κ2) is 10.0. The third kappa shape index (κ3) is 5.11. The molecule has 5 heteroatoms. The number of benzene rings is 1. The molecule has 26 heavy (non-hydrogen) atoms. The summed E-state index contributed by atoms with van der Waals surface area (Å²) in [5.41, 5.74) is 1.94. The second-order valence-electron chi connectivity index (χ2n) is 6.48. The number of amides is 1. The highest BCUT2D eigenvalue weighted by atomic mass is 16.7. The Balaban J connectivity index is 2.08. The molecule has 0 aliphatic carbocycles. The van der Waals surface area contributed by atoms with Gasteiger partial charge < -0.3 is 14.2 Å². The van der Waals surface area contributed by atoms with Gasteiger partial charge >= 0.3 is 6.09 Å². The molecule has 2 rings (SSSR count). The number of hydrogen-bond donors (Lipinski definition) is 0. The van der Waals surface area contributed by atoms with Gasteiger partial charge in [-0.05, 0) is 25.3 Å². The van der Waals surface area contributed by atoms with Crippen LogP contribution in [0.3, 0.4) is 0 Å². The van der Waals surface area contributed by atoms with Crippen molar-refractivity contribution in [2.45, 2.75) is 46.8 Å². The van der Waals surface area contributed by atoms with Gasteiger partial charge in [-0.15, -0.1) is 0 Å². The van der Waals surface area contributed by atoms with Crippen LogP contribution in [0.15, 0.2) is 53.9 Å². The number of cyclic esters (lactones) is 1. The van der Waals surface area contributed by atoms with Gasteiger partial charge in [-0.1, -0.05) is 62.8 Å². The molecule has 1 aliphatic heterocycles. The quantitative estimate of drug-likeness (QED) is 0.274. The lowest BCUT2D eigenvalue weighted by molar-refractivity contribution is -0.0540. The zero-order chi connectivity index (χ0) is 18.9. The van der Waals surface area contributed by atoms with Gasteiger partial charge in [0.1, 0.15) is 6.61 Å². The van der Waals surface area contributed by atoms with E-state index in [9.17, 15) is 4.79 Å². The minimum absolute atomic E-state index is 0.0307. The fourth-order valence-corrected chi connectivity index (χ4v) is 2.89. The summed E-state index contributed by atoms with van der Waals surface area (Å²) in [7, 11) is 0. The molecule has 1 unspecified atom stereocenters. The summed E-state index contributed by atoms with van der Waals surface area (Å²) < 4.78 is 16.8. The standard InChI is InChI=1S/C21H29NO4/c1-5-10-17(4)20(22-19(16(3)6-2)14-25-21(22)23)26-15-24-13-18-11-8-7-9-12-18/h5,7-12,16,19H,6,13-15H2,1-4H3/b10-5+,20-17+/t16?,19-/m1/s1. The fourth-order valence-electron chi connectivity index (χ4n) is 2.89. The van der Waals surface area contributed by atoms with Crippen LogP contribution in [0.2, 0.25) is 0 Å². The molecule has 1 aromatic rings. The third-order valence-electron chi connectivity index (χ3n) is 4.57. The van der Waals surface area contributed by atoms with Gasteiger partial charge in [0.2, 0.25) is 5.88 Å². The molecule has 0 spiro atoms. The van der Waals surface area contributed by atoms with E-state index in [1.165, 1.54) is 0 Å². The summed E-state index contributed by atoms with van der Waals surface area (Å²) in [4.78, 5) is 14.0. The van der Waals surface area contributed by atoms with Crippen LogP contribution in [-0.2, 0) is 20.8 Å². The van der Waals surface area contributed by atoms with Crippen LogP contribution in [0.1, 0.15) is 39.7 Å². The molecule has 1 amide bonds. The first kappa shape index (κ1) is 20.0. The predicted octanol–water partition coefficient (Wildman–Crippen LogP) is 4.85. The van der Waals surface area contributed by atoms with Crippen LogP contribution in [-0.4, -0.2) is 30.4 Å². The van der Waals surface area contributed by atoms with E-state index in [2.05, 4.69) is 13.8 Å². The van der Waals surface area contributed by atoms with Crippen molar-refractivity contribution in [3.63, 3.8) is 0 Å². The molecule has 1 heterocycles. The van der Waals surface area contributed by atoms with Gasteiger partial charge in [0, 0.05) is 5.57 Å². The van der Waals surface area contributed by atoms with Crippen molar-refractivity contribution >= 4 is 6.09 Å². The lowest BCUT2D eigenvalue weighted by Gasteiger charge is -2.28. The number of allylic oxidation sites excluding steroid dienone is 3. The van der Waals surface area contributed by atoms with Gasteiger partial charge in [0.15, 0.2) is 6.79 Å². The first-order valence-corrected chi connectivity index (χ1v) is 9.12. The van der Waals surface area contributed by atoms with Crippen molar-refractivity contribution in [1.82, 2.24) is 4.90 Å². The number of rotatable bonds is 9. The molecule has 0 radical (unpaired) electrons. The molecule has 1 aliphatic rings. The Morgan fingerprint density at radius 2 is 2.12 bits per heavy atom. The van der Waals surface area contributed by atoms with E-state index in [1.807, 2.05) is 56.3 Å². The van der Waals surface area contributed by atoms with E-state index in [-0.39, 0.29) is 18.9 Å². The minimum atomic E-state index is -0.364. The molecule has 1 saturated heterocycles. The summed E-state index contributed by atoms with van der Waals surface area (Å²) in [6.07, 6.45) is 4.44. The Morgan fingerprint density at radius 3 is 2.77 bits per heavy atom. The minimum Gasteiger partial charge on any atom is -0.452 e. The SMILES string of the molecule is C/C=C/C(C)=C(/OCOCc1ccccc1)N1C(=O)OC[C@@H]1C(C)CC. The Kier molecular flexibility index (Phi) is 7.73. The normalized spacial score (nSPS) is 19.5. The maximum absolute atomic E-state index is 12.3. The molecule has 0 N–H and O–H groups in total. The molecule has 0 saturated carbocycles. The number of nitrogens with zero attached hydrogens (tertiary/aromatic N) is 1. The fraction of sp³-hybridized carbons (Fsp3) is 0.476. The van der Waals surface area contributed by atoms with Crippen LogP contribution in [0.25, 0.3) is 0 Å². The molecular formula is C21H29NO4. The predicted molar refractivity (Wildman–Crippen MR) is 101 cm³/mol. The van der Waals surface area contributed by atoms with Crippen molar-refractivity contribution in [2.75, 3.05) is 13.4 Å². The van der Waals surface area contributed by atoms with E-state index in [4.69, 9.17) is 14.2 Å². The van der Waals surface area contributed by atoms with E-state index < -0.39 is 0 Å². The zero-order valence-corrected chi connectivity index (χ0v) is 16.1. The topological polar surface area (TPSA) is 48.0 Å². The van der Waals surface area contributed by atoms with Crippen molar-refractivity contribution in [3.8, 4) is 0 Å². The molecule has 2 atom stereocenters. The van der Waals surface area contributed by atoms with Gasteiger partial charge in [-0.2, -0.15) is 0 Å². The molecule has 142 valence electrons. The first-order valence-electron chi connectivity index (χ1n) is 9.12. The molecule has 1 fully saturated rings. The average molecular weight is 359 g/mol. The summed E-state index contributed by atoms with van der Waals surface area (Å²) in [6.45, 7) is 8.99. The highest BCUT2D eigenvalue weighted by molar-refractivity contribution is 5.72. The Morgan fingerprint density at radius 1 is 1.38 bits per heavy atom. The zero-order valence-electron chi connectivity index (χ0n) is 16.1. The number of carbonyl (C=O) groups is 1. The van der Waals surface area contributed by atoms with Gasteiger partial charge in [0.05, 0.1) is 12.6 Å². The third-order valence-corrected chi connectivity index (χ3v) is 4.57. The molecule has 0 aromatic heterocycles. The average Bonchev–Trinajstić information content (AvgIpc) is 3.03. The summed E-state index contributed by atoms with van der Waals surface area (Å²) >= 11 is 0. The Bertz CT molecular complexity index is 639. The Labute approximate surface area is 156 Å². The van der Waals surface area contributed by atoms with Gasteiger partial charge in [-0.3, -0.25) is 0 Å². The van der Waals surface area contributed by atoms with E-state index in [0.717, 1.165) is 17.6 Å². The highest BCUT2D eigenvalue weighted by Gasteiger charge is 2.39. The van der Waals surface area contributed by atoms with Crippen molar-refractivity contribution in [1.29, 1.82) is 0 Å². The monoisotopic (exact) mass is 359 g/mol. The lowest BCUT2D eigenvalue weighted by Crippen LogP contribution is -2.38. The van der Waals surface area contributed by atoms with Crippen LogP contribution in [0, 0.1) is 5.92 Å². The molecular weight excluding hydrogens is 330 g/mol. The van der Waals surface area contributed by atoms with Crippen LogP contribution < -0.4 is 0 Å². The van der Waals surface area contributed by atoms with Crippen molar-refractivity contribution < 1.29 is 19.0 Å². The van der Waals surface area contributed by atoms with E-state index >= 15 is 0 Å². The molecule has 1 aromatic carbocycles. The number of carbonyl (C=O) groups excluding carboxylic acids is 1. The van der Waals surface area contributed by atoms with Crippen molar-refractivity contribution in [2.24, 2.45) is 5.92 Å². The largest absolute Gasteiger partial charge is 0.452 e.